The van der Waals surface area contributed by atoms with Crippen molar-refractivity contribution in [2.75, 3.05) is 26.2 Å². The summed E-state index contributed by atoms with van der Waals surface area (Å²) in [7, 11) is 0. The maximum atomic E-state index is 12.4. The number of rotatable bonds is 5. The van der Waals surface area contributed by atoms with E-state index in [1.165, 1.54) is 0 Å². The lowest BCUT2D eigenvalue weighted by molar-refractivity contribution is 0.0273. The molecule has 2 nitrogen and oxygen atoms in total. The fourth-order valence-corrected chi connectivity index (χ4v) is 1.98. The van der Waals surface area contributed by atoms with Crippen molar-refractivity contribution >= 4 is 0 Å². The quantitative estimate of drug-likeness (QED) is 0.694. The second-order valence-electron chi connectivity index (χ2n) is 4.03. The van der Waals surface area contributed by atoms with Gasteiger partial charge in [-0.15, -0.1) is 0 Å². The van der Waals surface area contributed by atoms with Crippen LogP contribution in [-0.4, -0.2) is 37.5 Å². The van der Waals surface area contributed by atoms with Crippen molar-refractivity contribution in [2.24, 2.45) is 11.7 Å². The average Bonchev–Trinajstić information content (AvgIpc) is 2.19. The summed E-state index contributed by atoms with van der Waals surface area (Å²) in [4.78, 5) is 2.15. The highest BCUT2D eigenvalue weighted by Gasteiger charge is 2.26. The van der Waals surface area contributed by atoms with Crippen LogP contribution in [-0.2, 0) is 0 Å². The topological polar surface area (TPSA) is 29.3 Å². The Bertz CT molecular complexity index is 153. The molecule has 1 saturated heterocycles. The number of unbranched alkanes of at least 4 members (excludes halogenated alkanes) is 1. The van der Waals surface area contributed by atoms with E-state index in [1.54, 1.807) is 0 Å². The molecule has 0 bridgehead atoms. The van der Waals surface area contributed by atoms with Gasteiger partial charge in [-0.3, -0.25) is 0 Å². The standard InChI is InChI=1S/C10H20F2N2/c11-10(12)9-4-3-7-14(8-9)6-2-1-5-13/h9-10H,1-8,13H2. The highest BCUT2D eigenvalue weighted by Crippen LogP contribution is 2.22. The van der Waals surface area contributed by atoms with Gasteiger partial charge in [-0.25, -0.2) is 8.78 Å². The lowest BCUT2D eigenvalue weighted by Crippen LogP contribution is -2.38. The van der Waals surface area contributed by atoms with Crippen molar-refractivity contribution in [3.8, 4) is 0 Å². The molecule has 0 amide bonds. The molecule has 0 radical (unpaired) electrons. The molecular formula is C10H20F2N2. The summed E-state index contributed by atoms with van der Waals surface area (Å²) in [6.45, 7) is 3.18. The smallest absolute Gasteiger partial charge is 0.242 e. The van der Waals surface area contributed by atoms with Gasteiger partial charge in [0.1, 0.15) is 0 Å². The Morgan fingerprint density at radius 3 is 2.79 bits per heavy atom. The number of likely N-dealkylation sites (tertiary alicyclic amines) is 1. The van der Waals surface area contributed by atoms with Gasteiger partial charge in [-0.1, -0.05) is 0 Å². The van der Waals surface area contributed by atoms with E-state index < -0.39 is 12.3 Å². The van der Waals surface area contributed by atoms with E-state index in [0.717, 1.165) is 32.4 Å². The van der Waals surface area contributed by atoms with Crippen LogP contribution in [0.4, 0.5) is 8.78 Å². The minimum absolute atomic E-state index is 0.401. The molecule has 84 valence electrons. The van der Waals surface area contributed by atoms with Gasteiger partial charge in [0.2, 0.25) is 6.43 Å². The maximum Gasteiger partial charge on any atom is 0.242 e. The van der Waals surface area contributed by atoms with Crippen LogP contribution in [0, 0.1) is 5.92 Å². The Morgan fingerprint density at radius 1 is 1.36 bits per heavy atom. The number of hydrogen-bond acceptors (Lipinski definition) is 2. The van der Waals surface area contributed by atoms with Crippen molar-refractivity contribution in [2.45, 2.75) is 32.1 Å². The lowest BCUT2D eigenvalue weighted by atomic mass is 9.98. The van der Waals surface area contributed by atoms with Crippen LogP contribution in [0.25, 0.3) is 0 Å². The van der Waals surface area contributed by atoms with Crippen LogP contribution in [0.2, 0.25) is 0 Å². The van der Waals surface area contributed by atoms with E-state index in [-0.39, 0.29) is 0 Å². The Balaban J connectivity index is 2.19. The lowest BCUT2D eigenvalue weighted by Gasteiger charge is -2.32. The molecule has 4 heteroatoms. The zero-order chi connectivity index (χ0) is 10.4. The number of piperidine rings is 1. The summed E-state index contributed by atoms with van der Waals surface area (Å²) < 4.78 is 24.9. The minimum atomic E-state index is -2.15. The highest BCUT2D eigenvalue weighted by molar-refractivity contribution is 4.74. The Morgan fingerprint density at radius 2 is 2.14 bits per heavy atom. The summed E-state index contributed by atoms with van der Waals surface area (Å²) in [6, 6.07) is 0. The van der Waals surface area contributed by atoms with Crippen LogP contribution in [0.1, 0.15) is 25.7 Å². The van der Waals surface area contributed by atoms with Crippen molar-refractivity contribution in [1.82, 2.24) is 4.90 Å². The third kappa shape index (κ3) is 3.88. The predicted octanol–water partition coefficient (Wildman–Crippen LogP) is 1.70. The largest absolute Gasteiger partial charge is 0.330 e. The first-order chi connectivity index (χ1) is 6.74. The van der Waals surface area contributed by atoms with Gasteiger partial charge in [0.25, 0.3) is 0 Å². The van der Waals surface area contributed by atoms with Crippen LogP contribution in [0.15, 0.2) is 0 Å². The zero-order valence-electron chi connectivity index (χ0n) is 8.59. The number of nitrogens with two attached hydrogens (primary N) is 1. The van der Waals surface area contributed by atoms with Crippen molar-refractivity contribution in [3.63, 3.8) is 0 Å². The maximum absolute atomic E-state index is 12.4. The molecular weight excluding hydrogens is 186 g/mol. The fourth-order valence-electron chi connectivity index (χ4n) is 1.98. The van der Waals surface area contributed by atoms with Crippen LogP contribution >= 0.6 is 0 Å². The molecule has 1 atom stereocenters. The number of nitrogens with zero attached hydrogens (tertiary/aromatic N) is 1. The van der Waals surface area contributed by atoms with Gasteiger partial charge in [0, 0.05) is 12.5 Å². The van der Waals surface area contributed by atoms with E-state index >= 15 is 0 Å². The SMILES string of the molecule is NCCCCN1CCCC(C(F)F)C1. The molecule has 0 saturated carbocycles. The van der Waals surface area contributed by atoms with Crippen molar-refractivity contribution in [3.05, 3.63) is 0 Å². The van der Waals surface area contributed by atoms with Gasteiger partial charge >= 0.3 is 0 Å². The molecule has 0 aromatic heterocycles. The summed E-state index contributed by atoms with van der Waals surface area (Å²) in [5, 5.41) is 0. The first-order valence-corrected chi connectivity index (χ1v) is 5.44. The second-order valence-corrected chi connectivity index (χ2v) is 4.03. The molecule has 2 N–H and O–H groups in total. The number of hydrogen-bond donors (Lipinski definition) is 1. The van der Waals surface area contributed by atoms with Crippen LogP contribution in [0.3, 0.4) is 0 Å². The predicted molar refractivity (Wildman–Crippen MR) is 53.5 cm³/mol. The van der Waals surface area contributed by atoms with E-state index in [2.05, 4.69) is 4.90 Å². The second kappa shape index (κ2) is 6.30. The summed E-state index contributed by atoms with van der Waals surface area (Å²) >= 11 is 0. The van der Waals surface area contributed by atoms with Gasteiger partial charge < -0.3 is 10.6 Å². The fraction of sp³-hybridized carbons (Fsp3) is 1.00. The van der Waals surface area contributed by atoms with Crippen LogP contribution in [0.5, 0.6) is 0 Å². The third-order valence-corrected chi connectivity index (χ3v) is 2.83. The summed E-state index contributed by atoms with van der Waals surface area (Å²) in [5.41, 5.74) is 5.38. The highest BCUT2D eigenvalue weighted by atomic mass is 19.3. The molecule has 1 heterocycles. The molecule has 1 unspecified atom stereocenters. The Hall–Kier alpha value is -0.220. The molecule has 0 spiro atoms. The van der Waals surface area contributed by atoms with E-state index in [0.29, 0.717) is 19.5 Å². The Labute approximate surface area is 84.4 Å². The van der Waals surface area contributed by atoms with Gasteiger partial charge in [-0.2, -0.15) is 0 Å². The van der Waals surface area contributed by atoms with Gasteiger partial charge in [0.05, 0.1) is 0 Å². The summed E-state index contributed by atoms with van der Waals surface area (Å²) in [6.07, 6.45) is 1.48. The van der Waals surface area contributed by atoms with Crippen molar-refractivity contribution in [1.29, 1.82) is 0 Å². The van der Waals surface area contributed by atoms with Gasteiger partial charge in [0.15, 0.2) is 0 Å². The molecule has 1 aliphatic heterocycles. The molecule has 0 aliphatic carbocycles. The normalized spacial score (nSPS) is 24.4. The van der Waals surface area contributed by atoms with E-state index in [9.17, 15) is 8.78 Å². The summed E-state index contributed by atoms with van der Waals surface area (Å²) in [5.74, 6) is -0.401. The van der Waals surface area contributed by atoms with E-state index in [1.807, 2.05) is 0 Å². The molecule has 1 rings (SSSR count). The first-order valence-electron chi connectivity index (χ1n) is 5.44. The van der Waals surface area contributed by atoms with Crippen LogP contribution < -0.4 is 5.73 Å². The molecule has 14 heavy (non-hydrogen) atoms. The number of alkyl halides is 2. The average molecular weight is 206 g/mol. The van der Waals surface area contributed by atoms with E-state index in [4.69, 9.17) is 5.73 Å². The zero-order valence-corrected chi connectivity index (χ0v) is 8.59. The molecule has 1 fully saturated rings. The van der Waals surface area contributed by atoms with Crippen molar-refractivity contribution < 1.29 is 8.78 Å². The molecule has 0 aromatic carbocycles. The van der Waals surface area contributed by atoms with Gasteiger partial charge in [-0.05, 0) is 45.3 Å². The molecule has 1 aliphatic rings. The molecule has 0 aromatic rings. The third-order valence-electron chi connectivity index (χ3n) is 2.83. The first kappa shape index (κ1) is 11.9. The minimum Gasteiger partial charge on any atom is -0.330 e. The monoisotopic (exact) mass is 206 g/mol. The Kier molecular flexibility index (Phi) is 5.33. The number of halogens is 2.